The first-order chi connectivity index (χ1) is 22.8. The SMILES string of the molecule is CC(C)(C)C(=[OH+])/C=C(\O)C(C)(C)C.Cc1[c-]c(-c2nccc3c2ccc2cc(-c4ccc(C(F)(F)F)c5ccccc45)ccc23)cc(C)c1.[Ir]. The van der Waals surface area contributed by atoms with E-state index in [1.54, 1.807) is 24.3 Å². The van der Waals surface area contributed by atoms with Crippen LogP contribution in [0.1, 0.15) is 58.2 Å². The van der Waals surface area contributed by atoms with E-state index in [1.807, 2.05) is 72.9 Å². The molecule has 5 aromatic carbocycles. The van der Waals surface area contributed by atoms with Crippen molar-refractivity contribution in [2.24, 2.45) is 10.8 Å². The van der Waals surface area contributed by atoms with E-state index in [-0.39, 0.29) is 47.9 Å². The average molecular weight is 854 g/mol. The number of nitrogens with zero attached hydrogens (tertiary/aromatic N) is 1. The van der Waals surface area contributed by atoms with Gasteiger partial charge in [0.05, 0.1) is 17.1 Å². The molecule has 1 aromatic heterocycles. The predicted octanol–water partition coefficient (Wildman–Crippen LogP) is 12.4. The Morgan fingerprint density at radius 1 is 0.740 bits per heavy atom. The standard InChI is InChI=1S/C32H21F3N.C11H20O2.Ir/c1-19-15-20(2)17-23(16-19)31-29-10-8-22-18-21(7-9-24(22)27(29)13-14-36-31)25-11-12-30(32(33,34)35)28-6-4-3-5-26(25)28;1-10(2,3)8(12)7-9(13)11(4,5)6;/h3-16,18H,1-2H3;7,12H,1-6H3;/q-1;;/p+1/b;8-7-;. The summed E-state index contributed by atoms with van der Waals surface area (Å²) in [5.74, 6) is 0.417. The van der Waals surface area contributed by atoms with E-state index in [4.69, 9.17) is 0 Å². The van der Waals surface area contributed by atoms with Crippen LogP contribution in [-0.2, 0) is 26.3 Å². The molecule has 1 radical (unpaired) electrons. The van der Waals surface area contributed by atoms with E-state index in [0.717, 1.165) is 55.1 Å². The van der Waals surface area contributed by atoms with Crippen LogP contribution in [0.4, 0.5) is 13.2 Å². The molecule has 0 aliphatic rings. The molecule has 6 rings (SSSR count). The normalized spacial score (nSPS) is 12.4. The summed E-state index contributed by atoms with van der Waals surface area (Å²) in [5.41, 5.74) is 4.51. The first-order valence-electron chi connectivity index (χ1n) is 16.2. The number of fused-ring (bicyclic) bond motifs is 4. The molecule has 3 nitrogen and oxygen atoms in total. The maximum absolute atomic E-state index is 13.6. The number of benzene rings is 5. The zero-order valence-corrected chi connectivity index (χ0v) is 31.9. The Morgan fingerprint density at radius 2 is 1.40 bits per heavy atom. The number of hydrogen-bond acceptors (Lipinski definition) is 2. The summed E-state index contributed by atoms with van der Waals surface area (Å²) in [4.78, 5) is 14.3. The molecule has 0 bridgehead atoms. The quantitative estimate of drug-likeness (QED) is 0.0634. The van der Waals surface area contributed by atoms with Gasteiger partial charge in [-0.3, -0.25) is 4.79 Å². The number of pyridine rings is 1. The third-order valence-electron chi connectivity index (χ3n) is 8.52. The van der Waals surface area contributed by atoms with Crippen molar-refractivity contribution >= 4 is 38.1 Å². The van der Waals surface area contributed by atoms with Gasteiger partial charge in [-0.2, -0.15) is 13.2 Å². The minimum Gasteiger partial charge on any atom is -0.511 e. The van der Waals surface area contributed by atoms with Crippen molar-refractivity contribution in [1.82, 2.24) is 4.98 Å². The average Bonchev–Trinajstić information content (AvgIpc) is 3.02. The molecular weight excluding hydrogens is 812 g/mol. The van der Waals surface area contributed by atoms with E-state index in [9.17, 15) is 23.1 Å². The molecule has 0 saturated carbocycles. The zero-order valence-electron chi connectivity index (χ0n) is 29.5. The second-order valence-corrected chi connectivity index (χ2v) is 14.6. The number of aromatic nitrogens is 1. The second kappa shape index (κ2) is 14.5. The number of aliphatic hydroxyl groups is 1. The summed E-state index contributed by atoms with van der Waals surface area (Å²) in [5, 5.41) is 14.6. The van der Waals surface area contributed by atoms with Crippen molar-refractivity contribution in [3.05, 3.63) is 126 Å². The third kappa shape index (κ3) is 8.34. The first-order valence-corrected chi connectivity index (χ1v) is 16.2. The van der Waals surface area contributed by atoms with Gasteiger partial charge in [0.15, 0.2) is 0 Å². The van der Waals surface area contributed by atoms with Gasteiger partial charge in [-0.1, -0.05) is 89.2 Å². The van der Waals surface area contributed by atoms with Gasteiger partial charge in [0.1, 0.15) is 5.76 Å². The number of hydrogen-bond donors (Lipinski definition) is 1. The van der Waals surface area contributed by atoms with Gasteiger partial charge in [0, 0.05) is 31.7 Å². The molecule has 7 heteroatoms. The molecule has 0 spiro atoms. The minimum atomic E-state index is -4.40. The molecule has 0 unspecified atom stereocenters. The van der Waals surface area contributed by atoms with Crippen LogP contribution in [-0.4, -0.2) is 20.7 Å². The van der Waals surface area contributed by atoms with Crippen LogP contribution in [0.15, 0.2) is 103 Å². The van der Waals surface area contributed by atoms with Gasteiger partial charge in [-0.25, -0.2) is 0 Å². The monoisotopic (exact) mass is 854 g/mol. The molecule has 0 atom stereocenters. The zero-order chi connectivity index (χ0) is 35.9. The van der Waals surface area contributed by atoms with Crippen LogP contribution in [0.25, 0.3) is 54.7 Å². The van der Waals surface area contributed by atoms with Gasteiger partial charge in [-0.15, -0.1) is 34.9 Å². The van der Waals surface area contributed by atoms with Crippen molar-refractivity contribution < 1.29 is 43.2 Å². The van der Waals surface area contributed by atoms with Crippen molar-refractivity contribution in [1.29, 1.82) is 0 Å². The molecule has 0 fully saturated rings. The number of aryl methyl sites for hydroxylation is 2. The Hall–Kier alpha value is -4.32. The summed E-state index contributed by atoms with van der Waals surface area (Å²) in [6.07, 6.45) is -1.14. The smallest absolute Gasteiger partial charge is 0.417 e. The van der Waals surface area contributed by atoms with Gasteiger partial charge in [0.25, 0.3) is 0 Å². The van der Waals surface area contributed by atoms with Gasteiger partial charge >= 0.3 is 12.0 Å². The van der Waals surface area contributed by atoms with E-state index in [2.05, 4.69) is 48.3 Å². The molecule has 2 N–H and O–H groups in total. The van der Waals surface area contributed by atoms with E-state index in [1.165, 1.54) is 18.2 Å². The van der Waals surface area contributed by atoms with E-state index >= 15 is 0 Å². The molecule has 261 valence electrons. The number of aliphatic hydroxyl groups excluding tert-OH is 1. The molecular formula is C43H42F3IrNO2. The predicted molar refractivity (Wildman–Crippen MR) is 198 cm³/mol. The third-order valence-corrected chi connectivity index (χ3v) is 8.52. The van der Waals surface area contributed by atoms with Crippen molar-refractivity contribution in [3.8, 4) is 22.4 Å². The second-order valence-electron chi connectivity index (χ2n) is 14.6. The number of rotatable bonds is 3. The van der Waals surface area contributed by atoms with Crippen LogP contribution >= 0.6 is 0 Å². The van der Waals surface area contributed by atoms with Crippen LogP contribution in [0, 0.1) is 30.7 Å². The molecule has 0 saturated heterocycles. The summed E-state index contributed by atoms with van der Waals surface area (Å²) in [6, 6.07) is 29.3. The first kappa shape index (κ1) is 38.5. The Balaban J connectivity index is 0.000000345. The van der Waals surface area contributed by atoms with Crippen molar-refractivity contribution in [3.63, 3.8) is 0 Å². The van der Waals surface area contributed by atoms with Crippen LogP contribution in [0.5, 0.6) is 0 Å². The topological polar surface area (TPSA) is 54.5 Å². The Kier molecular flexibility index (Phi) is 11.2. The number of ketones is 1. The Morgan fingerprint density at radius 3 is 2.02 bits per heavy atom. The number of halogens is 3. The Bertz CT molecular complexity index is 2220. The molecule has 1 heterocycles. The number of carbonyl (C=O) groups excluding carboxylic acids is 1. The van der Waals surface area contributed by atoms with E-state index in [0.29, 0.717) is 5.39 Å². The summed E-state index contributed by atoms with van der Waals surface area (Å²) in [6.45, 7) is 15.5. The van der Waals surface area contributed by atoms with Crippen LogP contribution in [0.2, 0.25) is 0 Å². The number of allylic oxidation sites excluding steroid dienone is 2. The van der Waals surface area contributed by atoms with Crippen molar-refractivity contribution in [2.75, 3.05) is 0 Å². The van der Waals surface area contributed by atoms with Crippen LogP contribution < -0.4 is 0 Å². The fraction of sp³-hybridized carbons (Fsp3) is 0.256. The van der Waals surface area contributed by atoms with Crippen LogP contribution in [0.3, 0.4) is 0 Å². The Labute approximate surface area is 305 Å². The van der Waals surface area contributed by atoms with Crippen molar-refractivity contribution in [2.45, 2.75) is 61.6 Å². The largest absolute Gasteiger partial charge is 0.511 e. The molecule has 0 aliphatic heterocycles. The van der Waals surface area contributed by atoms with Gasteiger partial charge in [-0.05, 0) is 88.1 Å². The maximum Gasteiger partial charge on any atom is 0.417 e. The van der Waals surface area contributed by atoms with E-state index < -0.39 is 11.7 Å². The fourth-order valence-electron chi connectivity index (χ4n) is 5.76. The molecule has 0 amide bonds. The molecule has 0 aliphatic carbocycles. The van der Waals surface area contributed by atoms with Gasteiger partial charge < -0.3 is 10.1 Å². The minimum absolute atomic E-state index is 0. The molecule has 6 aromatic rings. The van der Waals surface area contributed by atoms with Gasteiger partial charge in [0.2, 0.25) is 0 Å². The summed E-state index contributed by atoms with van der Waals surface area (Å²) < 4.78 is 40.8. The number of alkyl halides is 3. The maximum atomic E-state index is 13.6. The summed E-state index contributed by atoms with van der Waals surface area (Å²) in [7, 11) is 0. The fourth-order valence-corrected chi connectivity index (χ4v) is 5.76. The summed E-state index contributed by atoms with van der Waals surface area (Å²) >= 11 is 0. The molecule has 50 heavy (non-hydrogen) atoms.